The molecule has 5 nitrogen and oxygen atoms in total. The number of halogens is 3. The fourth-order valence-corrected chi connectivity index (χ4v) is 3.75. The monoisotopic (exact) mass is 502 g/mol. The van der Waals surface area contributed by atoms with E-state index in [0.717, 1.165) is 25.3 Å². The molecule has 2 N–H and O–H groups in total. The number of ether oxygens (including phenoxy) is 1. The van der Waals surface area contributed by atoms with Crippen molar-refractivity contribution in [3.05, 3.63) is 0 Å². The molecule has 0 aromatic heterocycles. The van der Waals surface area contributed by atoms with Crippen LogP contribution in [0.25, 0.3) is 0 Å². The van der Waals surface area contributed by atoms with Crippen molar-refractivity contribution in [1.82, 2.24) is 15.5 Å². The van der Waals surface area contributed by atoms with Gasteiger partial charge in [-0.3, -0.25) is 9.89 Å². The van der Waals surface area contributed by atoms with E-state index in [0.29, 0.717) is 38.4 Å². The summed E-state index contributed by atoms with van der Waals surface area (Å²) < 4.78 is 30.9. The number of nitrogens with zero attached hydrogens (tertiary/aromatic N) is 2. The normalized spacial score (nSPS) is 21.0. The minimum absolute atomic E-state index is 0. The molecule has 1 aliphatic carbocycles. The van der Waals surface area contributed by atoms with Gasteiger partial charge in [0.25, 0.3) is 6.43 Å². The van der Waals surface area contributed by atoms with Crippen LogP contribution < -0.4 is 10.6 Å². The van der Waals surface area contributed by atoms with Crippen LogP contribution in [-0.2, 0) is 4.74 Å². The summed E-state index contributed by atoms with van der Waals surface area (Å²) in [6.45, 7) is 5.48. The first-order valence-corrected chi connectivity index (χ1v) is 10.3. The molecular formula is C19H37F2IN4O. The van der Waals surface area contributed by atoms with Gasteiger partial charge in [0.2, 0.25) is 0 Å². The number of nitrogens with one attached hydrogen (secondary N) is 2. The molecule has 160 valence electrons. The third kappa shape index (κ3) is 10.8. The lowest BCUT2D eigenvalue weighted by molar-refractivity contribution is 0.0487. The van der Waals surface area contributed by atoms with Crippen LogP contribution in [0.4, 0.5) is 8.78 Å². The second-order valence-corrected chi connectivity index (χ2v) is 7.36. The van der Waals surface area contributed by atoms with Crippen LogP contribution in [0, 0.1) is 0 Å². The molecule has 1 saturated carbocycles. The Morgan fingerprint density at radius 3 is 2.37 bits per heavy atom. The van der Waals surface area contributed by atoms with Gasteiger partial charge < -0.3 is 15.4 Å². The highest BCUT2D eigenvalue weighted by Gasteiger charge is 2.22. The van der Waals surface area contributed by atoms with Crippen molar-refractivity contribution in [1.29, 1.82) is 0 Å². The molecule has 0 unspecified atom stereocenters. The topological polar surface area (TPSA) is 48.9 Å². The van der Waals surface area contributed by atoms with Crippen LogP contribution >= 0.6 is 24.0 Å². The third-order valence-corrected chi connectivity index (χ3v) is 5.19. The Labute approximate surface area is 180 Å². The Kier molecular flexibility index (Phi) is 13.5. The van der Waals surface area contributed by atoms with Crippen molar-refractivity contribution in [2.75, 3.05) is 39.3 Å². The number of hydrogen-bond acceptors (Lipinski definition) is 3. The number of piperidine rings is 1. The molecule has 0 aromatic carbocycles. The average molecular weight is 502 g/mol. The van der Waals surface area contributed by atoms with E-state index in [4.69, 9.17) is 4.74 Å². The third-order valence-electron chi connectivity index (χ3n) is 5.19. The summed E-state index contributed by atoms with van der Waals surface area (Å²) in [5.41, 5.74) is 0. The predicted octanol–water partition coefficient (Wildman–Crippen LogP) is 3.63. The van der Waals surface area contributed by atoms with E-state index < -0.39 is 6.43 Å². The number of aliphatic imine (C=N–C) groups is 1. The maximum atomic E-state index is 12.5. The fraction of sp³-hybridized carbons (Fsp3) is 0.947. The van der Waals surface area contributed by atoms with E-state index in [2.05, 4.69) is 15.6 Å². The summed E-state index contributed by atoms with van der Waals surface area (Å²) >= 11 is 0. The van der Waals surface area contributed by atoms with Gasteiger partial charge in [-0.1, -0.05) is 25.7 Å². The highest BCUT2D eigenvalue weighted by Crippen LogP contribution is 2.19. The Morgan fingerprint density at radius 1 is 1.11 bits per heavy atom. The maximum Gasteiger partial charge on any atom is 0.251 e. The van der Waals surface area contributed by atoms with E-state index in [1.807, 2.05) is 11.8 Å². The van der Waals surface area contributed by atoms with E-state index in [9.17, 15) is 8.78 Å². The van der Waals surface area contributed by atoms with Crippen LogP contribution in [0.1, 0.15) is 58.3 Å². The van der Waals surface area contributed by atoms with Crippen LogP contribution in [0.3, 0.4) is 0 Å². The zero-order valence-corrected chi connectivity index (χ0v) is 18.9. The van der Waals surface area contributed by atoms with Crippen molar-refractivity contribution in [2.24, 2.45) is 4.99 Å². The lowest BCUT2D eigenvalue weighted by Gasteiger charge is -2.32. The van der Waals surface area contributed by atoms with Crippen molar-refractivity contribution < 1.29 is 13.5 Å². The van der Waals surface area contributed by atoms with Gasteiger partial charge in [0.1, 0.15) is 0 Å². The smallest absolute Gasteiger partial charge is 0.251 e. The largest absolute Gasteiger partial charge is 0.376 e. The summed E-state index contributed by atoms with van der Waals surface area (Å²) in [7, 11) is 0. The molecule has 0 atom stereocenters. The van der Waals surface area contributed by atoms with Gasteiger partial charge in [-0.05, 0) is 32.6 Å². The summed E-state index contributed by atoms with van der Waals surface area (Å²) in [6, 6.07) is 0.296. The van der Waals surface area contributed by atoms with Crippen molar-refractivity contribution in [3.8, 4) is 0 Å². The molecule has 0 spiro atoms. The van der Waals surface area contributed by atoms with Gasteiger partial charge in [-0.25, -0.2) is 8.78 Å². The van der Waals surface area contributed by atoms with Crippen LogP contribution in [-0.4, -0.2) is 68.8 Å². The SMILES string of the molecule is CCNC(=NCCOC1CCCCCC1)NC1CCN(CC(F)F)CC1.I. The first kappa shape index (κ1) is 24.8. The molecule has 1 aliphatic heterocycles. The number of alkyl halides is 2. The van der Waals surface area contributed by atoms with Crippen molar-refractivity contribution in [2.45, 2.75) is 76.9 Å². The van der Waals surface area contributed by atoms with Gasteiger partial charge in [0.05, 0.1) is 25.8 Å². The Morgan fingerprint density at radius 2 is 1.78 bits per heavy atom. The van der Waals surface area contributed by atoms with E-state index >= 15 is 0 Å². The van der Waals surface area contributed by atoms with Crippen molar-refractivity contribution in [3.63, 3.8) is 0 Å². The molecular weight excluding hydrogens is 465 g/mol. The second kappa shape index (κ2) is 14.7. The number of likely N-dealkylation sites (tertiary alicyclic amines) is 1. The zero-order chi connectivity index (χ0) is 18.6. The van der Waals surface area contributed by atoms with Crippen LogP contribution in [0.15, 0.2) is 4.99 Å². The summed E-state index contributed by atoms with van der Waals surface area (Å²) in [5, 5.41) is 6.72. The highest BCUT2D eigenvalue weighted by molar-refractivity contribution is 14.0. The zero-order valence-electron chi connectivity index (χ0n) is 16.6. The molecule has 1 heterocycles. The van der Waals surface area contributed by atoms with Crippen LogP contribution in [0.2, 0.25) is 0 Å². The molecule has 8 heteroatoms. The minimum Gasteiger partial charge on any atom is -0.376 e. The lowest BCUT2D eigenvalue weighted by Crippen LogP contribution is -2.49. The number of hydrogen-bond donors (Lipinski definition) is 2. The molecule has 1 saturated heterocycles. The van der Waals surface area contributed by atoms with Gasteiger partial charge in [-0.2, -0.15) is 0 Å². The minimum atomic E-state index is -2.24. The van der Waals surface area contributed by atoms with Gasteiger partial charge in [0, 0.05) is 25.7 Å². The van der Waals surface area contributed by atoms with Crippen LogP contribution in [0.5, 0.6) is 0 Å². The van der Waals surface area contributed by atoms with Gasteiger partial charge in [-0.15, -0.1) is 24.0 Å². The standard InChI is InChI=1S/C19H36F2N4O.HI/c1-2-22-19(23-11-14-26-17-7-5-3-4-6-8-17)24-16-9-12-25(13-10-16)15-18(20)21;/h16-18H,2-15H2,1H3,(H2,22,23,24);1H. The molecule has 0 aromatic rings. The molecule has 2 fully saturated rings. The second-order valence-electron chi connectivity index (χ2n) is 7.36. The summed E-state index contributed by atoms with van der Waals surface area (Å²) in [6.07, 6.45) is 7.49. The summed E-state index contributed by atoms with van der Waals surface area (Å²) in [4.78, 5) is 6.46. The maximum absolute atomic E-state index is 12.5. The quantitative estimate of drug-likeness (QED) is 0.175. The number of guanidine groups is 1. The number of rotatable bonds is 8. The van der Waals surface area contributed by atoms with E-state index in [1.165, 1.54) is 38.5 Å². The van der Waals surface area contributed by atoms with E-state index in [-0.39, 0.29) is 30.5 Å². The van der Waals surface area contributed by atoms with Crippen molar-refractivity contribution >= 4 is 29.9 Å². The van der Waals surface area contributed by atoms with Gasteiger partial charge >= 0.3 is 0 Å². The lowest BCUT2D eigenvalue weighted by atomic mass is 10.1. The first-order chi connectivity index (χ1) is 12.7. The Bertz CT molecular complexity index is 399. The predicted molar refractivity (Wildman–Crippen MR) is 117 cm³/mol. The summed E-state index contributed by atoms with van der Waals surface area (Å²) in [5.74, 6) is 0.810. The molecule has 0 amide bonds. The fourth-order valence-electron chi connectivity index (χ4n) is 3.75. The Hall–Kier alpha value is -0.220. The molecule has 2 aliphatic rings. The molecule has 2 rings (SSSR count). The molecule has 27 heavy (non-hydrogen) atoms. The highest BCUT2D eigenvalue weighted by atomic mass is 127. The van der Waals surface area contributed by atoms with Gasteiger partial charge in [0.15, 0.2) is 5.96 Å². The Balaban J connectivity index is 0.00000364. The molecule has 0 radical (unpaired) electrons. The van der Waals surface area contributed by atoms with E-state index in [1.54, 1.807) is 0 Å². The first-order valence-electron chi connectivity index (χ1n) is 10.3. The molecule has 0 bridgehead atoms. The average Bonchev–Trinajstić information content (AvgIpc) is 2.89.